The average Bonchev–Trinajstić information content (AvgIpc) is 2.70. The maximum Gasteiger partial charge on any atom is 0.376 e. The molecular formula is C24H33BrF2O4. The van der Waals surface area contributed by atoms with E-state index in [0.29, 0.717) is 29.9 Å². The van der Waals surface area contributed by atoms with Crippen molar-refractivity contribution in [1.82, 2.24) is 0 Å². The normalized spacial score (nSPS) is 13.6. The van der Waals surface area contributed by atoms with Crippen LogP contribution in [0.25, 0.3) is 0 Å². The average molecular weight is 503 g/mol. The molecule has 0 bridgehead atoms. The summed E-state index contributed by atoms with van der Waals surface area (Å²) in [6.07, 6.45) is 0.686. The summed E-state index contributed by atoms with van der Waals surface area (Å²) in [6, 6.07) is 7.46. The van der Waals surface area contributed by atoms with Gasteiger partial charge >= 0.3 is 17.9 Å². The van der Waals surface area contributed by atoms with Crippen LogP contribution in [0, 0.1) is 11.8 Å². The number of benzene rings is 1. The molecule has 0 heterocycles. The molecule has 1 atom stereocenters. The second-order valence-electron chi connectivity index (χ2n) is 7.98. The van der Waals surface area contributed by atoms with Gasteiger partial charge in [0.15, 0.2) is 0 Å². The number of ether oxygens (including phenoxy) is 2. The molecule has 0 saturated carbocycles. The van der Waals surface area contributed by atoms with Crippen molar-refractivity contribution in [1.29, 1.82) is 0 Å². The summed E-state index contributed by atoms with van der Waals surface area (Å²) in [4.78, 5) is 24.5. The van der Waals surface area contributed by atoms with Gasteiger partial charge in [0.25, 0.3) is 0 Å². The monoisotopic (exact) mass is 502 g/mol. The zero-order valence-electron chi connectivity index (χ0n) is 19.0. The van der Waals surface area contributed by atoms with Crippen molar-refractivity contribution in [2.45, 2.75) is 66.2 Å². The summed E-state index contributed by atoms with van der Waals surface area (Å²) in [5.74, 6) is -6.03. The Kier molecular flexibility index (Phi) is 11.4. The number of alkyl halides is 2. The minimum Gasteiger partial charge on any atom is -0.463 e. The molecule has 0 saturated heterocycles. The third-order valence-electron chi connectivity index (χ3n) is 5.07. The van der Waals surface area contributed by atoms with Gasteiger partial charge in [-0.2, -0.15) is 8.78 Å². The summed E-state index contributed by atoms with van der Waals surface area (Å²) < 4.78 is 39.9. The van der Waals surface area contributed by atoms with Crippen molar-refractivity contribution in [3.63, 3.8) is 0 Å². The quantitative estimate of drug-likeness (QED) is 0.241. The third kappa shape index (κ3) is 9.09. The van der Waals surface area contributed by atoms with Crippen LogP contribution in [-0.4, -0.2) is 31.1 Å². The number of allylic oxidation sites excluding steroid dienone is 1. The molecule has 0 N–H and O–H groups in total. The van der Waals surface area contributed by atoms with E-state index < -0.39 is 30.2 Å². The second-order valence-corrected chi connectivity index (χ2v) is 8.90. The van der Waals surface area contributed by atoms with E-state index in [2.05, 4.69) is 20.7 Å². The van der Waals surface area contributed by atoms with Gasteiger partial charge in [-0.25, -0.2) is 9.59 Å². The summed E-state index contributed by atoms with van der Waals surface area (Å²) in [5, 5.41) is 0. The Morgan fingerprint density at radius 1 is 1.03 bits per heavy atom. The maximum atomic E-state index is 14.6. The zero-order valence-corrected chi connectivity index (χ0v) is 20.6. The highest BCUT2D eigenvalue weighted by molar-refractivity contribution is 9.10. The molecule has 31 heavy (non-hydrogen) atoms. The SMILES string of the molecule is CCOC(=O)/C(Cc1ccc(Br)cc1)=C(/C)C(CCC(C)C)CC(F)(F)C(=O)OCC. The number of hydrogen-bond donors (Lipinski definition) is 0. The molecule has 1 aromatic carbocycles. The van der Waals surface area contributed by atoms with Crippen molar-refractivity contribution in [3.8, 4) is 0 Å². The number of esters is 2. The lowest BCUT2D eigenvalue weighted by atomic mass is 9.83. The van der Waals surface area contributed by atoms with Gasteiger partial charge in [0, 0.05) is 22.9 Å². The van der Waals surface area contributed by atoms with E-state index in [0.717, 1.165) is 10.0 Å². The lowest BCUT2D eigenvalue weighted by molar-refractivity contribution is -0.173. The second kappa shape index (κ2) is 12.9. The minimum atomic E-state index is -3.63. The number of carbonyl (C=O) groups is 2. The zero-order chi connectivity index (χ0) is 23.6. The van der Waals surface area contributed by atoms with Crippen LogP contribution in [0.3, 0.4) is 0 Å². The summed E-state index contributed by atoms with van der Waals surface area (Å²) in [6.45, 7) is 8.98. The molecule has 0 fully saturated rings. The van der Waals surface area contributed by atoms with E-state index in [-0.39, 0.29) is 19.6 Å². The van der Waals surface area contributed by atoms with Crippen LogP contribution in [0.15, 0.2) is 39.9 Å². The first-order valence-electron chi connectivity index (χ1n) is 10.7. The van der Waals surface area contributed by atoms with Gasteiger partial charge in [0.2, 0.25) is 0 Å². The van der Waals surface area contributed by atoms with Crippen molar-refractivity contribution >= 4 is 27.9 Å². The topological polar surface area (TPSA) is 52.6 Å². The van der Waals surface area contributed by atoms with Gasteiger partial charge in [0.05, 0.1) is 13.2 Å². The highest BCUT2D eigenvalue weighted by Crippen LogP contribution is 2.35. The number of halogens is 3. The molecule has 0 spiro atoms. The largest absolute Gasteiger partial charge is 0.463 e. The molecule has 174 valence electrons. The fourth-order valence-electron chi connectivity index (χ4n) is 3.28. The van der Waals surface area contributed by atoms with Crippen LogP contribution in [0.5, 0.6) is 0 Å². The van der Waals surface area contributed by atoms with Crippen molar-refractivity contribution < 1.29 is 27.8 Å². The first kappa shape index (κ1) is 27.3. The van der Waals surface area contributed by atoms with Crippen molar-refractivity contribution in [3.05, 3.63) is 45.4 Å². The van der Waals surface area contributed by atoms with Gasteiger partial charge in [-0.05, 0) is 56.7 Å². The fourth-order valence-corrected chi connectivity index (χ4v) is 3.54. The van der Waals surface area contributed by atoms with Crippen LogP contribution < -0.4 is 0 Å². The molecule has 0 radical (unpaired) electrons. The Hall–Kier alpha value is -1.76. The molecule has 0 amide bonds. The fraction of sp³-hybridized carbons (Fsp3) is 0.583. The lowest BCUT2D eigenvalue weighted by Crippen LogP contribution is -2.34. The minimum absolute atomic E-state index is 0.114. The summed E-state index contributed by atoms with van der Waals surface area (Å²) in [5.41, 5.74) is 1.76. The van der Waals surface area contributed by atoms with Gasteiger partial charge in [-0.1, -0.05) is 53.9 Å². The van der Waals surface area contributed by atoms with Gasteiger partial charge in [0.1, 0.15) is 0 Å². The molecule has 0 aliphatic rings. The first-order valence-corrected chi connectivity index (χ1v) is 11.5. The molecule has 1 unspecified atom stereocenters. The van der Waals surface area contributed by atoms with Crippen molar-refractivity contribution in [2.24, 2.45) is 11.8 Å². The van der Waals surface area contributed by atoms with E-state index in [4.69, 9.17) is 4.74 Å². The Bertz CT molecular complexity index is 757. The smallest absolute Gasteiger partial charge is 0.376 e. The van der Waals surface area contributed by atoms with Crippen molar-refractivity contribution in [2.75, 3.05) is 13.2 Å². The molecule has 1 rings (SSSR count). The molecule has 4 nitrogen and oxygen atoms in total. The molecule has 0 aliphatic carbocycles. The number of hydrogen-bond acceptors (Lipinski definition) is 4. The van der Waals surface area contributed by atoms with Crippen LogP contribution in [-0.2, 0) is 25.5 Å². The summed E-state index contributed by atoms with van der Waals surface area (Å²) in [7, 11) is 0. The Balaban J connectivity index is 3.34. The molecule has 0 aliphatic heterocycles. The van der Waals surface area contributed by atoms with Crippen LogP contribution in [0.2, 0.25) is 0 Å². The van der Waals surface area contributed by atoms with E-state index in [9.17, 15) is 18.4 Å². The number of carbonyl (C=O) groups excluding carboxylic acids is 2. The molecule has 7 heteroatoms. The maximum absolute atomic E-state index is 14.6. The van der Waals surface area contributed by atoms with Gasteiger partial charge in [-0.3, -0.25) is 0 Å². The van der Waals surface area contributed by atoms with Crippen LogP contribution in [0.4, 0.5) is 8.78 Å². The van der Waals surface area contributed by atoms with E-state index in [1.807, 2.05) is 38.1 Å². The van der Waals surface area contributed by atoms with Crippen LogP contribution in [0.1, 0.15) is 59.4 Å². The molecule has 1 aromatic rings. The standard InChI is InChI=1S/C24H33BrF2O4/c1-6-30-22(28)21(14-18-9-12-20(25)13-10-18)17(5)19(11-8-16(3)4)15-24(26,27)23(29)31-7-2/h9-10,12-13,16,19H,6-8,11,14-15H2,1-5H3/b21-17-. The third-order valence-corrected chi connectivity index (χ3v) is 5.60. The summed E-state index contributed by atoms with van der Waals surface area (Å²) >= 11 is 3.38. The Morgan fingerprint density at radius 3 is 2.13 bits per heavy atom. The van der Waals surface area contributed by atoms with E-state index >= 15 is 0 Å². The predicted octanol–water partition coefficient (Wildman–Crippen LogP) is 6.51. The van der Waals surface area contributed by atoms with Gasteiger partial charge < -0.3 is 9.47 Å². The Morgan fingerprint density at radius 2 is 1.61 bits per heavy atom. The highest BCUT2D eigenvalue weighted by atomic mass is 79.9. The van der Waals surface area contributed by atoms with E-state index in [1.54, 1.807) is 13.8 Å². The highest BCUT2D eigenvalue weighted by Gasteiger charge is 2.43. The van der Waals surface area contributed by atoms with Gasteiger partial charge in [-0.15, -0.1) is 0 Å². The number of rotatable bonds is 12. The Labute approximate surface area is 192 Å². The van der Waals surface area contributed by atoms with E-state index in [1.165, 1.54) is 6.92 Å². The predicted molar refractivity (Wildman–Crippen MR) is 121 cm³/mol. The lowest BCUT2D eigenvalue weighted by Gasteiger charge is -2.25. The van der Waals surface area contributed by atoms with Crippen LogP contribution >= 0.6 is 15.9 Å². The molecule has 0 aromatic heterocycles. The first-order chi connectivity index (χ1) is 14.5. The molecular weight excluding hydrogens is 470 g/mol.